The first-order valence-electron chi connectivity index (χ1n) is 8.97. The fraction of sp³-hybridized carbons (Fsp3) is 0.364. The lowest BCUT2D eigenvalue weighted by Gasteiger charge is -2.25. The Hall–Kier alpha value is -1.93. The van der Waals surface area contributed by atoms with Gasteiger partial charge >= 0.3 is 0 Å². The van der Waals surface area contributed by atoms with E-state index in [0.29, 0.717) is 10.9 Å². The van der Waals surface area contributed by atoms with E-state index >= 15 is 0 Å². The van der Waals surface area contributed by atoms with Gasteiger partial charge in [-0.15, -0.1) is 0 Å². The highest BCUT2D eigenvalue weighted by molar-refractivity contribution is 6.30. The quantitative estimate of drug-likeness (QED) is 0.685. The third kappa shape index (κ3) is 4.79. The summed E-state index contributed by atoms with van der Waals surface area (Å²) in [6.07, 6.45) is 9.42. The largest absolute Gasteiger partial charge is 0.508 e. The van der Waals surface area contributed by atoms with Crippen LogP contribution in [0.5, 0.6) is 11.5 Å². The van der Waals surface area contributed by atoms with Crippen molar-refractivity contribution in [1.29, 1.82) is 0 Å². The van der Waals surface area contributed by atoms with Gasteiger partial charge in [0.15, 0.2) is 0 Å². The second kappa shape index (κ2) is 8.44. The molecule has 2 aromatic rings. The molecular formula is C22H25ClO2. The molecule has 2 aromatic carbocycles. The lowest BCUT2D eigenvalue weighted by molar-refractivity contribution is 0.398. The summed E-state index contributed by atoms with van der Waals surface area (Å²) in [5.41, 5.74) is 3.51. The second-order valence-electron chi connectivity index (χ2n) is 6.78. The number of hydrogen-bond donors (Lipinski definition) is 1. The van der Waals surface area contributed by atoms with E-state index in [2.05, 4.69) is 18.2 Å². The number of phenolic OH excluding ortho intramolecular Hbond substituents is 1. The minimum Gasteiger partial charge on any atom is -0.508 e. The molecule has 0 amide bonds. The van der Waals surface area contributed by atoms with Gasteiger partial charge in [0, 0.05) is 5.02 Å². The van der Waals surface area contributed by atoms with Crippen molar-refractivity contribution in [3.8, 4) is 11.5 Å². The van der Waals surface area contributed by atoms with Crippen molar-refractivity contribution in [3.63, 3.8) is 0 Å². The van der Waals surface area contributed by atoms with Crippen molar-refractivity contribution in [3.05, 3.63) is 64.2 Å². The molecule has 1 fully saturated rings. The molecule has 3 heteroatoms. The Kier molecular flexibility index (Phi) is 6.04. The Morgan fingerprint density at radius 1 is 1.12 bits per heavy atom. The molecule has 0 spiro atoms. The van der Waals surface area contributed by atoms with Gasteiger partial charge in [0.2, 0.25) is 0 Å². The fourth-order valence-electron chi connectivity index (χ4n) is 3.61. The predicted octanol–water partition coefficient (Wildman–Crippen LogP) is 6.26. The molecule has 0 radical (unpaired) electrons. The number of methoxy groups -OCH3 is 1. The third-order valence-corrected chi connectivity index (χ3v) is 5.27. The highest BCUT2D eigenvalue weighted by Crippen LogP contribution is 2.35. The molecule has 0 aliphatic heterocycles. The first kappa shape index (κ1) is 17.9. The number of hydrogen-bond acceptors (Lipinski definition) is 2. The third-order valence-electron chi connectivity index (χ3n) is 5.04. The van der Waals surface area contributed by atoms with Crippen LogP contribution < -0.4 is 4.74 Å². The summed E-state index contributed by atoms with van der Waals surface area (Å²) in [5, 5.41) is 10.8. The number of phenols is 1. The second-order valence-corrected chi connectivity index (χ2v) is 7.21. The lowest BCUT2D eigenvalue weighted by atomic mass is 9.80. The first-order valence-corrected chi connectivity index (χ1v) is 9.35. The molecule has 0 unspecified atom stereocenters. The zero-order valence-corrected chi connectivity index (χ0v) is 15.4. The number of rotatable bonds is 5. The maximum absolute atomic E-state index is 10.2. The summed E-state index contributed by atoms with van der Waals surface area (Å²) in [5.74, 6) is 1.74. The minimum absolute atomic E-state index is 0.281. The van der Waals surface area contributed by atoms with Gasteiger partial charge in [0.25, 0.3) is 0 Å². The van der Waals surface area contributed by atoms with E-state index < -0.39 is 0 Å². The van der Waals surface area contributed by atoms with Crippen molar-refractivity contribution in [2.75, 3.05) is 7.11 Å². The summed E-state index contributed by atoms with van der Waals surface area (Å²) in [7, 11) is 1.68. The van der Waals surface area contributed by atoms with Gasteiger partial charge in [0.05, 0.1) is 7.11 Å². The van der Waals surface area contributed by atoms with Gasteiger partial charge in [-0.1, -0.05) is 60.7 Å². The monoisotopic (exact) mass is 356 g/mol. The molecule has 0 aromatic heterocycles. The zero-order valence-electron chi connectivity index (χ0n) is 14.7. The molecule has 1 aliphatic rings. The molecule has 0 bridgehead atoms. The maximum Gasteiger partial charge on any atom is 0.120 e. The van der Waals surface area contributed by atoms with Gasteiger partial charge < -0.3 is 9.84 Å². The number of allylic oxidation sites excluding steroid dienone is 1. The molecule has 1 N–H and O–H groups in total. The summed E-state index contributed by atoms with van der Waals surface area (Å²) in [6, 6.07) is 13.6. The standard InChI is InChI=1S/C22H25ClO2/c1-25-21-11-7-16(8-12-21)13-19(17-5-3-2-4-6-17)14-18-9-10-20(23)15-22(18)24/h7-13,15,17,24H,2-6,14H2,1H3/b19-13+. The highest BCUT2D eigenvalue weighted by atomic mass is 35.5. The summed E-state index contributed by atoms with van der Waals surface area (Å²) in [4.78, 5) is 0. The van der Waals surface area contributed by atoms with Gasteiger partial charge in [-0.05, 0) is 60.6 Å². The Balaban J connectivity index is 1.89. The predicted molar refractivity (Wildman–Crippen MR) is 104 cm³/mol. The molecule has 132 valence electrons. The van der Waals surface area contributed by atoms with Crippen LogP contribution in [0, 0.1) is 5.92 Å². The van der Waals surface area contributed by atoms with E-state index in [4.69, 9.17) is 16.3 Å². The van der Waals surface area contributed by atoms with E-state index in [1.165, 1.54) is 43.2 Å². The van der Waals surface area contributed by atoms with Crippen LogP contribution >= 0.6 is 11.6 Å². The SMILES string of the molecule is COc1ccc(/C=C(\Cc2ccc(Cl)cc2O)C2CCCCC2)cc1. The molecule has 3 rings (SSSR count). The van der Waals surface area contributed by atoms with E-state index in [1.807, 2.05) is 24.3 Å². The number of aromatic hydroxyl groups is 1. The van der Waals surface area contributed by atoms with Crippen LogP contribution in [0.1, 0.15) is 43.2 Å². The van der Waals surface area contributed by atoms with Crippen molar-refractivity contribution < 1.29 is 9.84 Å². The van der Waals surface area contributed by atoms with E-state index in [0.717, 1.165) is 17.7 Å². The first-order chi connectivity index (χ1) is 12.2. The molecule has 1 saturated carbocycles. The van der Waals surface area contributed by atoms with E-state index in [-0.39, 0.29) is 5.75 Å². The van der Waals surface area contributed by atoms with E-state index in [9.17, 15) is 5.11 Å². The van der Waals surface area contributed by atoms with Gasteiger partial charge in [-0.25, -0.2) is 0 Å². The Morgan fingerprint density at radius 3 is 2.48 bits per heavy atom. The molecule has 1 aliphatic carbocycles. The lowest BCUT2D eigenvalue weighted by Crippen LogP contribution is -2.11. The Morgan fingerprint density at radius 2 is 1.84 bits per heavy atom. The number of halogens is 1. The van der Waals surface area contributed by atoms with Crippen LogP contribution in [0.15, 0.2) is 48.0 Å². The molecular weight excluding hydrogens is 332 g/mol. The van der Waals surface area contributed by atoms with Gasteiger partial charge in [-0.2, -0.15) is 0 Å². The topological polar surface area (TPSA) is 29.5 Å². The zero-order chi connectivity index (χ0) is 17.6. The Bertz CT molecular complexity index is 728. The van der Waals surface area contributed by atoms with Crippen LogP contribution in [-0.4, -0.2) is 12.2 Å². The number of ether oxygens (including phenoxy) is 1. The fourth-order valence-corrected chi connectivity index (χ4v) is 3.77. The van der Waals surface area contributed by atoms with Crippen LogP contribution in [0.4, 0.5) is 0 Å². The summed E-state index contributed by atoms with van der Waals surface area (Å²) < 4.78 is 5.25. The molecule has 0 saturated heterocycles. The summed E-state index contributed by atoms with van der Waals surface area (Å²) in [6.45, 7) is 0. The van der Waals surface area contributed by atoms with Crippen molar-refractivity contribution in [1.82, 2.24) is 0 Å². The van der Waals surface area contributed by atoms with Crippen LogP contribution in [0.2, 0.25) is 5.02 Å². The van der Waals surface area contributed by atoms with Gasteiger partial charge in [0.1, 0.15) is 11.5 Å². The smallest absolute Gasteiger partial charge is 0.120 e. The maximum atomic E-state index is 10.2. The van der Waals surface area contributed by atoms with Crippen molar-refractivity contribution in [2.45, 2.75) is 38.5 Å². The molecule has 25 heavy (non-hydrogen) atoms. The Labute approximate surface area is 155 Å². The van der Waals surface area contributed by atoms with Crippen molar-refractivity contribution >= 4 is 17.7 Å². The average molecular weight is 357 g/mol. The highest BCUT2D eigenvalue weighted by Gasteiger charge is 2.19. The van der Waals surface area contributed by atoms with Crippen LogP contribution in [0.25, 0.3) is 6.08 Å². The normalized spacial score (nSPS) is 16.0. The van der Waals surface area contributed by atoms with Crippen molar-refractivity contribution in [2.24, 2.45) is 5.92 Å². The minimum atomic E-state index is 0.281. The van der Waals surface area contributed by atoms with Gasteiger partial charge in [-0.3, -0.25) is 0 Å². The molecule has 0 heterocycles. The number of benzene rings is 2. The average Bonchev–Trinajstić information content (AvgIpc) is 2.64. The van der Waals surface area contributed by atoms with Crippen LogP contribution in [0.3, 0.4) is 0 Å². The molecule has 0 atom stereocenters. The van der Waals surface area contributed by atoms with E-state index in [1.54, 1.807) is 13.2 Å². The molecule has 2 nitrogen and oxygen atoms in total. The van der Waals surface area contributed by atoms with Crippen LogP contribution in [-0.2, 0) is 6.42 Å². The summed E-state index contributed by atoms with van der Waals surface area (Å²) >= 11 is 5.97.